The van der Waals surface area contributed by atoms with Gasteiger partial charge in [0.2, 0.25) is 17.2 Å². The molecule has 8 nitrogen and oxygen atoms in total. The smallest absolute Gasteiger partial charge is 0.221 e. The average molecular weight is 487 g/mol. The third-order valence-electron chi connectivity index (χ3n) is 7.25. The van der Waals surface area contributed by atoms with E-state index < -0.39 is 0 Å². The van der Waals surface area contributed by atoms with Gasteiger partial charge in [0.25, 0.3) is 0 Å². The maximum absolute atomic E-state index is 13.5. The highest BCUT2D eigenvalue weighted by Gasteiger charge is 2.33. The van der Waals surface area contributed by atoms with Gasteiger partial charge in [0, 0.05) is 72.6 Å². The number of rotatable bonds is 5. The van der Waals surface area contributed by atoms with Gasteiger partial charge in [0.15, 0.2) is 5.78 Å². The zero-order valence-electron chi connectivity index (χ0n) is 21.1. The van der Waals surface area contributed by atoms with Crippen LogP contribution in [0.5, 0.6) is 0 Å². The summed E-state index contributed by atoms with van der Waals surface area (Å²) in [6.45, 7) is 10.3. The van der Waals surface area contributed by atoms with Crippen LogP contribution in [0.15, 0.2) is 30.0 Å². The molecule has 0 unspecified atom stereocenters. The lowest BCUT2D eigenvalue weighted by molar-refractivity contribution is -0.292. The number of likely N-dealkylation sites (N-methyl/N-ethyl adjacent to an activating group) is 2. The van der Waals surface area contributed by atoms with E-state index >= 15 is 0 Å². The summed E-state index contributed by atoms with van der Waals surface area (Å²) >= 11 is 0. The zero-order chi connectivity index (χ0) is 25.7. The molecule has 2 N–H and O–H groups in total. The Morgan fingerprint density at radius 2 is 1.69 bits per heavy atom. The molecule has 2 aliphatic heterocycles. The van der Waals surface area contributed by atoms with Crippen LogP contribution in [0.1, 0.15) is 44.4 Å². The number of fused-ring (bicyclic) bond motifs is 2. The number of benzene rings is 2. The number of hydrogen-bond donors (Lipinski definition) is 2. The number of anilines is 3. The molecule has 0 spiro atoms. The lowest BCUT2D eigenvalue weighted by Gasteiger charge is -2.32. The van der Waals surface area contributed by atoms with Crippen LogP contribution >= 0.6 is 0 Å². The normalized spacial score (nSPS) is 17.7. The third-order valence-corrected chi connectivity index (χ3v) is 7.25. The maximum atomic E-state index is 13.5. The summed E-state index contributed by atoms with van der Waals surface area (Å²) in [5.41, 5.74) is 4.67. The number of hydrogen-bond acceptors (Lipinski definition) is 5. The van der Waals surface area contributed by atoms with Crippen LogP contribution in [-0.2, 0) is 27.2 Å². The predicted molar refractivity (Wildman–Crippen MR) is 138 cm³/mol. The number of allylic oxidation sites excluding steroid dienone is 2. The Labute approximate surface area is 209 Å². The Hall–Kier alpha value is -3.94. The van der Waals surface area contributed by atoms with Gasteiger partial charge in [-0.1, -0.05) is 5.76 Å². The molecule has 0 fully saturated rings. The Bertz CT molecular complexity index is 1500. The monoisotopic (exact) mass is 486 g/mol. The van der Waals surface area contributed by atoms with Gasteiger partial charge in [-0.2, -0.15) is 0 Å². The molecule has 36 heavy (non-hydrogen) atoms. The van der Waals surface area contributed by atoms with E-state index in [9.17, 15) is 19.5 Å². The molecule has 8 heteroatoms. The fourth-order valence-corrected chi connectivity index (χ4v) is 5.55. The van der Waals surface area contributed by atoms with Crippen molar-refractivity contribution in [3.63, 3.8) is 0 Å². The molecule has 2 heterocycles. The van der Waals surface area contributed by atoms with Crippen molar-refractivity contribution in [2.75, 3.05) is 41.7 Å². The van der Waals surface area contributed by atoms with Gasteiger partial charge in [-0.25, -0.2) is 4.58 Å². The molecule has 2 aromatic rings. The molecule has 0 radical (unpaired) electrons. The molecule has 0 bridgehead atoms. The molecule has 0 atom stereocenters. The first-order valence-electron chi connectivity index (χ1n) is 12.5. The minimum absolute atomic E-state index is 0.0796. The fourth-order valence-electron chi connectivity index (χ4n) is 5.55. The maximum Gasteiger partial charge on any atom is 0.221 e. The average Bonchev–Trinajstić information content (AvgIpc) is 3.41. The highest BCUT2D eigenvalue weighted by atomic mass is 16.3. The van der Waals surface area contributed by atoms with Crippen molar-refractivity contribution in [1.82, 2.24) is 4.58 Å². The van der Waals surface area contributed by atoms with Gasteiger partial charge in [-0.3, -0.25) is 14.4 Å². The summed E-state index contributed by atoms with van der Waals surface area (Å²) in [5.74, 6) is -1.27. The number of carbonyl (C=O) groups excluding carboxylic acids is 3. The summed E-state index contributed by atoms with van der Waals surface area (Å²) < 4.78 is 2.21. The molecule has 1 aliphatic carbocycles. The van der Waals surface area contributed by atoms with Crippen molar-refractivity contribution < 1.29 is 19.5 Å². The number of nitrogens with one attached hydrogen (secondary N) is 2. The number of carbonyl (C=O) groups is 3. The van der Waals surface area contributed by atoms with E-state index in [4.69, 9.17) is 0 Å². The largest absolute Gasteiger partial charge is 0.871 e. The second-order valence-electron chi connectivity index (χ2n) is 9.48. The minimum Gasteiger partial charge on any atom is -0.871 e. The zero-order valence-corrected chi connectivity index (χ0v) is 21.1. The number of ketones is 1. The van der Waals surface area contributed by atoms with Crippen LogP contribution in [0.4, 0.5) is 17.1 Å². The molecule has 2 aromatic carbocycles. The molecular formula is C28H30N4O4. The van der Waals surface area contributed by atoms with E-state index in [1.165, 1.54) is 13.8 Å². The third kappa shape index (κ3) is 3.77. The van der Waals surface area contributed by atoms with E-state index in [1.807, 2.05) is 24.3 Å². The second-order valence-corrected chi connectivity index (χ2v) is 9.48. The van der Waals surface area contributed by atoms with E-state index in [0.717, 1.165) is 61.2 Å². The van der Waals surface area contributed by atoms with Gasteiger partial charge in [0.1, 0.15) is 13.1 Å². The van der Waals surface area contributed by atoms with E-state index in [2.05, 4.69) is 34.0 Å². The van der Waals surface area contributed by atoms with Gasteiger partial charge in [-0.05, 0) is 44.0 Å². The van der Waals surface area contributed by atoms with Gasteiger partial charge < -0.3 is 20.6 Å². The number of nitrogens with zero attached hydrogens (tertiary/aromatic N) is 2. The van der Waals surface area contributed by atoms with Crippen molar-refractivity contribution in [2.24, 2.45) is 0 Å². The Balaban J connectivity index is 1.71. The summed E-state index contributed by atoms with van der Waals surface area (Å²) in [4.78, 5) is 39.7. The first-order chi connectivity index (χ1) is 17.2. The highest BCUT2D eigenvalue weighted by Crippen LogP contribution is 2.42. The van der Waals surface area contributed by atoms with Crippen LogP contribution in [0, 0.1) is 0 Å². The quantitative estimate of drug-likeness (QED) is 0.601. The fraction of sp³-hybridized carbons (Fsp3) is 0.357. The van der Waals surface area contributed by atoms with E-state index in [1.54, 1.807) is 0 Å². The highest BCUT2D eigenvalue weighted by molar-refractivity contribution is 6.52. The SMILES string of the molecule is CCN1CCc2cc(C3=C([O-])/C(=c4/cc5c(cc4NC(C)=O)=[N+](CC)CC5)C3=O)c(NC(C)=O)cc21. The molecule has 186 valence electrons. The van der Waals surface area contributed by atoms with Crippen LogP contribution in [-0.4, -0.2) is 43.8 Å². The van der Waals surface area contributed by atoms with Crippen molar-refractivity contribution in [2.45, 2.75) is 40.5 Å². The molecule has 2 amide bonds. The number of amides is 2. The summed E-state index contributed by atoms with van der Waals surface area (Å²) in [6, 6.07) is 7.47. The van der Waals surface area contributed by atoms with Crippen LogP contribution < -0.4 is 35.8 Å². The van der Waals surface area contributed by atoms with Gasteiger partial charge in [0.05, 0.1) is 11.4 Å². The molecule has 0 saturated heterocycles. The van der Waals surface area contributed by atoms with Gasteiger partial charge >= 0.3 is 0 Å². The molecule has 0 aromatic heterocycles. The molecule has 0 saturated carbocycles. The van der Waals surface area contributed by atoms with Crippen molar-refractivity contribution in [1.29, 1.82) is 0 Å². The topological polar surface area (TPSA) is 105 Å². The summed E-state index contributed by atoms with van der Waals surface area (Å²) in [5, 5.41) is 20.6. The van der Waals surface area contributed by atoms with Crippen molar-refractivity contribution in [3.05, 3.63) is 57.3 Å². The van der Waals surface area contributed by atoms with E-state index in [-0.39, 0.29) is 34.5 Å². The lowest BCUT2D eigenvalue weighted by Crippen LogP contribution is -2.36. The van der Waals surface area contributed by atoms with E-state index in [0.29, 0.717) is 22.2 Å². The Morgan fingerprint density at radius 3 is 2.33 bits per heavy atom. The Morgan fingerprint density at radius 1 is 0.972 bits per heavy atom. The van der Waals surface area contributed by atoms with Crippen LogP contribution in [0.25, 0.3) is 11.1 Å². The van der Waals surface area contributed by atoms with Crippen LogP contribution in [0.3, 0.4) is 0 Å². The summed E-state index contributed by atoms with van der Waals surface area (Å²) in [7, 11) is 0. The minimum atomic E-state index is -0.367. The molecule has 5 rings (SSSR count). The first kappa shape index (κ1) is 23.8. The van der Waals surface area contributed by atoms with Crippen molar-refractivity contribution in [3.8, 4) is 0 Å². The standard InChI is InChI=1S/C28H30N4O4/c1-5-31-9-7-17-11-19(21(13-23(17)31)29-15(3)33)25-27(35)26(28(25)36)20-12-18-8-10-32(6-2)24(18)14-22(20)30-16(4)34/h11-14H,5-10H2,1-4H3,(H2,29,30,33,34,35,36). The molecular weight excluding hydrogens is 456 g/mol. The lowest BCUT2D eigenvalue weighted by atomic mass is 9.80. The Kier molecular flexibility index (Phi) is 5.90. The number of Topliss-reactive ketones (excluding diaryl/α,β-unsaturated/α-hetero) is 1. The predicted octanol–water partition coefficient (Wildman–Crippen LogP) is 0.558. The molecule has 3 aliphatic rings. The first-order valence-corrected chi connectivity index (χ1v) is 12.5. The van der Waals surface area contributed by atoms with Crippen LogP contribution in [0.2, 0.25) is 0 Å². The summed E-state index contributed by atoms with van der Waals surface area (Å²) in [6.07, 6.45) is 1.63. The second kappa shape index (κ2) is 8.93. The van der Waals surface area contributed by atoms with Crippen molar-refractivity contribution >= 4 is 45.8 Å². The van der Waals surface area contributed by atoms with Gasteiger partial charge in [-0.15, -0.1) is 0 Å².